The van der Waals surface area contributed by atoms with Gasteiger partial charge in [-0.3, -0.25) is 9.11 Å². The van der Waals surface area contributed by atoms with E-state index in [4.69, 9.17) is 34.1 Å². The van der Waals surface area contributed by atoms with Gasteiger partial charge in [-0.05, 0) is 12.1 Å². The van der Waals surface area contributed by atoms with E-state index in [1.54, 1.807) is 6.07 Å². The van der Waals surface area contributed by atoms with Crippen molar-refractivity contribution in [2.24, 2.45) is 0 Å². The molecule has 1 aromatic carbocycles. The van der Waals surface area contributed by atoms with Crippen molar-refractivity contribution in [1.82, 2.24) is 0 Å². The van der Waals surface area contributed by atoms with E-state index in [0.717, 1.165) is 0 Å². The summed E-state index contributed by atoms with van der Waals surface area (Å²) in [6.07, 6.45) is 0. The predicted molar refractivity (Wildman–Crippen MR) is 51.1 cm³/mol. The summed E-state index contributed by atoms with van der Waals surface area (Å²) >= 11 is 0. The van der Waals surface area contributed by atoms with Crippen molar-refractivity contribution in [2.45, 2.75) is 0 Å². The number of benzene rings is 1. The van der Waals surface area contributed by atoms with Gasteiger partial charge in [0.2, 0.25) is 0 Å². The molecule has 80 valence electrons. The van der Waals surface area contributed by atoms with E-state index in [1.807, 2.05) is 0 Å². The molecule has 0 aromatic heterocycles. The van der Waals surface area contributed by atoms with E-state index in [9.17, 15) is 0 Å². The second kappa shape index (κ2) is 4.65. The van der Waals surface area contributed by atoms with Gasteiger partial charge in [0.1, 0.15) is 5.75 Å². The maximum absolute atomic E-state index is 8.80. The molecule has 7 N–H and O–H groups in total. The predicted octanol–water partition coefficient (Wildman–Crippen LogP) is -0.0962. The molecule has 1 rings (SSSR count). The minimum Gasteiger partial charge on any atom is -0.508 e. The average molecular weight is 222 g/mol. The van der Waals surface area contributed by atoms with Crippen LogP contribution < -0.4 is 11.5 Å². The van der Waals surface area contributed by atoms with Crippen LogP contribution in [-0.4, -0.2) is 22.6 Å². The fourth-order valence-electron chi connectivity index (χ4n) is 0.562. The first kappa shape index (κ1) is 12.5. The molecule has 0 aliphatic carbocycles. The lowest BCUT2D eigenvalue weighted by Crippen LogP contribution is -1.92. The number of phenols is 1. The summed E-state index contributed by atoms with van der Waals surface area (Å²) in [6, 6.07) is 4.46. The number of hydrogen-bond acceptors (Lipinski definition) is 5. The Bertz CT molecular complexity index is 395. The summed E-state index contributed by atoms with van der Waals surface area (Å²) in [5.41, 5.74) is 11.6. The topological polar surface area (TPSA) is 147 Å². The Morgan fingerprint density at radius 2 is 1.50 bits per heavy atom. The normalized spacial score (nSPS) is 10.1. The van der Waals surface area contributed by atoms with E-state index in [2.05, 4.69) is 0 Å². The highest BCUT2D eigenvalue weighted by atomic mass is 32.3. The maximum Gasteiger partial charge on any atom is 0.394 e. The van der Waals surface area contributed by atoms with Crippen molar-refractivity contribution in [2.75, 3.05) is 11.5 Å². The van der Waals surface area contributed by atoms with Crippen LogP contribution in [0.15, 0.2) is 18.2 Å². The van der Waals surface area contributed by atoms with Crippen LogP contribution in [0.4, 0.5) is 11.4 Å². The lowest BCUT2D eigenvalue weighted by Gasteiger charge is -1.97. The Morgan fingerprint density at radius 1 is 1.07 bits per heavy atom. The molecule has 0 bridgehead atoms. The molecule has 0 unspecified atom stereocenters. The van der Waals surface area contributed by atoms with Gasteiger partial charge in [0.25, 0.3) is 0 Å². The van der Waals surface area contributed by atoms with Crippen molar-refractivity contribution < 1.29 is 22.6 Å². The van der Waals surface area contributed by atoms with Crippen LogP contribution >= 0.6 is 0 Å². The minimum atomic E-state index is -4.67. The van der Waals surface area contributed by atoms with E-state index >= 15 is 0 Å². The second-order valence-corrected chi connectivity index (χ2v) is 3.16. The van der Waals surface area contributed by atoms with E-state index < -0.39 is 10.4 Å². The molecule has 0 heterocycles. The van der Waals surface area contributed by atoms with E-state index in [0.29, 0.717) is 11.4 Å². The van der Waals surface area contributed by atoms with Crippen LogP contribution in [0, 0.1) is 0 Å². The molecule has 0 atom stereocenters. The van der Waals surface area contributed by atoms with Crippen LogP contribution in [0.1, 0.15) is 0 Å². The first-order chi connectivity index (χ1) is 6.20. The van der Waals surface area contributed by atoms with Gasteiger partial charge in [0.05, 0.1) is 11.4 Å². The molecule has 0 aliphatic rings. The van der Waals surface area contributed by atoms with E-state index in [1.165, 1.54) is 12.1 Å². The van der Waals surface area contributed by atoms with Gasteiger partial charge in [-0.2, -0.15) is 8.42 Å². The van der Waals surface area contributed by atoms with Gasteiger partial charge >= 0.3 is 10.4 Å². The third kappa shape index (κ3) is 7.16. The number of nitrogen functional groups attached to an aromatic ring is 2. The Labute approximate surface area is 80.5 Å². The van der Waals surface area contributed by atoms with Crippen molar-refractivity contribution >= 4 is 21.8 Å². The maximum atomic E-state index is 8.80. The smallest absolute Gasteiger partial charge is 0.394 e. The van der Waals surface area contributed by atoms with Gasteiger partial charge in [-0.25, -0.2) is 0 Å². The summed E-state index contributed by atoms with van der Waals surface area (Å²) in [5, 5.41) is 8.80. The fourth-order valence-corrected chi connectivity index (χ4v) is 0.562. The lowest BCUT2D eigenvalue weighted by molar-refractivity contribution is 0.381. The van der Waals surface area contributed by atoms with Crippen molar-refractivity contribution in [3.05, 3.63) is 18.2 Å². The summed E-state index contributed by atoms with van der Waals surface area (Å²) in [4.78, 5) is 0. The highest BCUT2D eigenvalue weighted by molar-refractivity contribution is 7.79. The fraction of sp³-hybridized carbons (Fsp3) is 0. The van der Waals surface area contributed by atoms with E-state index in [-0.39, 0.29) is 5.75 Å². The SMILES string of the molecule is Nc1ccc(O)cc1N.O=S(=O)(O)O. The quantitative estimate of drug-likeness (QED) is 0.234. The molecule has 0 amide bonds. The molecule has 0 spiro atoms. The molecular weight excluding hydrogens is 212 g/mol. The molecule has 0 aliphatic heterocycles. The summed E-state index contributed by atoms with van der Waals surface area (Å²) in [5.74, 6) is 0.140. The van der Waals surface area contributed by atoms with Gasteiger partial charge in [0, 0.05) is 6.07 Å². The zero-order valence-corrected chi connectivity index (χ0v) is 7.77. The molecule has 0 saturated heterocycles. The molecule has 0 radical (unpaired) electrons. The monoisotopic (exact) mass is 222 g/mol. The Morgan fingerprint density at radius 3 is 1.79 bits per heavy atom. The number of hydrogen-bond donors (Lipinski definition) is 5. The molecule has 0 saturated carbocycles. The summed E-state index contributed by atoms with van der Waals surface area (Å²) in [7, 11) is -4.67. The standard InChI is InChI=1S/C6H8N2O.H2O4S/c7-5-2-1-4(9)3-6(5)8;1-5(2,3)4/h1-3,9H,7-8H2;(H2,1,2,3,4). The van der Waals surface area contributed by atoms with Crippen LogP contribution in [0.3, 0.4) is 0 Å². The van der Waals surface area contributed by atoms with Crippen LogP contribution in [0.25, 0.3) is 0 Å². The van der Waals surface area contributed by atoms with Crippen molar-refractivity contribution in [3.8, 4) is 5.75 Å². The van der Waals surface area contributed by atoms with Crippen LogP contribution in [0.5, 0.6) is 5.75 Å². The first-order valence-corrected chi connectivity index (χ1v) is 4.63. The summed E-state index contributed by atoms with van der Waals surface area (Å²) < 4.78 is 31.6. The average Bonchev–Trinajstić information content (AvgIpc) is 1.94. The highest BCUT2D eigenvalue weighted by Gasteiger charge is 1.92. The Hall–Kier alpha value is -1.51. The Kier molecular flexibility index (Phi) is 4.15. The number of anilines is 2. The number of aromatic hydroxyl groups is 1. The molecule has 7 nitrogen and oxygen atoms in total. The largest absolute Gasteiger partial charge is 0.508 e. The zero-order chi connectivity index (χ0) is 11.4. The molecular formula is C6H10N2O5S. The molecule has 8 heteroatoms. The summed E-state index contributed by atoms with van der Waals surface area (Å²) in [6.45, 7) is 0. The van der Waals surface area contributed by atoms with Crippen molar-refractivity contribution in [3.63, 3.8) is 0 Å². The van der Waals surface area contributed by atoms with Gasteiger partial charge in [0.15, 0.2) is 0 Å². The third-order valence-electron chi connectivity index (χ3n) is 1.07. The Balaban J connectivity index is 0.000000292. The molecule has 0 fully saturated rings. The second-order valence-electron chi connectivity index (χ2n) is 2.26. The van der Waals surface area contributed by atoms with Gasteiger partial charge in [-0.15, -0.1) is 0 Å². The highest BCUT2D eigenvalue weighted by Crippen LogP contribution is 2.19. The van der Waals surface area contributed by atoms with Gasteiger partial charge in [-0.1, -0.05) is 0 Å². The third-order valence-corrected chi connectivity index (χ3v) is 1.07. The number of nitrogens with two attached hydrogens (primary N) is 2. The van der Waals surface area contributed by atoms with Crippen LogP contribution in [0.2, 0.25) is 0 Å². The number of rotatable bonds is 0. The zero-order valence-electron chi connectivity index (χ0n) is 6.95. The molecule has 1 aromatic rings. The molecule has 14 heavy (non-hydrogen) atoms. The van der Waals surface area contributed by atoms with Crippen molar-refractivity contribution in [1.29, 1.82) is 0 Å². The lowest BCUT2D eigenvalue weighted by atomic mass is 10.3. The number of phenolic OH excluding ortho intramolecular Hbond substituents is 1. The van der Waals surface area contributed by atoms with Gasteiger partial charge < -0.3 is 16.6 Å². The minimum absolute atomic E-state index is 0.140. The first-order valence-electron chi connectivity index (χ1n) is 3.24. The van der Waals surface area contributed by atoms with Crippen LogP contribution in [-0.2, 0) is 10.4 Å².